The first-order chi connectivity index (χ1) is 6.22. The molecule has 0 atom stereocenters. The smallest absolute Gasteiger partial charge is 0.333 e. The number of methoxy groups -OCH3 is 1. The summed E-state index contributed by atoms with van der Waals surface area (Å²) in [5.74, 6) is -0.313. The van der Waals surface area contributed by atoms with Gasteiger partial charge in [-0.15, -0.1) is 6.58 Å². The summed E-state index contributed by atoms with van der Waals surface area (Å²) >= 11 is 0. The van der Waals surface area contributed by atoms with Crippen LogP contribution in [0.15, 0.2) is 24.3 Å². The van der Waals surface area contributed by atoms with Gasteiger partial charge in [0.25, 0.3) is 0 Å². The lowest BCUT2D eigenvalue weighted by Gasteiger charge is -1.99. The summed E-state index contributed by atoms with van der Waals surface area (Å²) in [6, 6.07) is 0. The van der Waals surface area contributed by atoms with Crippen molar-refractivity contribution in [2.24, 2.45) is 0 Å². The van der Waals surface area contributed by atoms with Crippen LogP contribution in [0.1, 0.15) is 13.3 Å². The summed E-state index contributed by atoms with van der Waals surface area (Å²) in [5, 5.41) is 0. The molecule has 0 spiro atoms. The minimum atomic E-state index is -0.313. The molecule has 0 unspecified atom stereocenters. The molecule has 13 heavy (non-hydrogen) atoms. The first-order valence-electron chi connectivity index (χ1n) is 4.16. The molecule has 0 N–H and O–H groups in total. The van der Waals surface area contributed by atoms with Gasteiger partial charge in [0.2, 0.25) is 0 Å². The lowest BCUT2D eigenvalue weighted by atomic mass is 10.3. The fourth-order valence-electron chi connectivity index (χ4n) is 0.678. The van der Waals surface area contributed by atoms with Crippen molar-refractivity contribution in [3.05, 3.63) is 24.3 Å². The molecule has 0 aromatic carbocycles. The number of hydrogen-bond donors (Lipinski definition) is 0. The van der Waals surface area contributed by atoms with Gasteiger partial charge in [-0.3, -0.25) is 0 Å². The molecule has 0 aliphatic heterocycles. The number of ether oxygens (including phenoxy) is 2. The fourth-order valence-corrected chi connectivity index (χ4v) is 0.678. The fraction of sp³-hybridized carbons (Fsp3) is 0.500. The van der Waals surface area contributed by atoms with E-state index < -0.39 is 0 Å². The average molecular weight is 184 g/mol. The SMILES string of the molecule is C=CCCOCC=C(C)C(=O)OC. The van der Waals surface area contributed by atoms with E-state index in [0.717, 1.165) is 6.42 Å². The third-order valence-corrected chi connectivity index (χ3v) is 1.48. The van der Waals surface area contributed by atoms with Gasteiger partial charge in [0.1, 0.15) is 0 Å². The van der Waals surface area contributed by atoms with Crippen LogP contribution in [0.2, 0.25) is 0 Å². The second kappa shape index (κ2) is 7.55. The highest BCUT2D eigenvalue weighted by Crippen LogP contribution is 1.95. The highest BCUT2D eigenvalue weighted by atomic mass is 16.5. The molecule has 0 radical (unpaired) electrons. The van der Waals surface area contributed by atoms with Crippen molar-refractivity contribution < 1.29 is 14.3 Å². The molecule has 0 aromatic heterocycles. The lowest BCUT2D eigenvalue weighted by molar-refractivity contribution is -0.136. The van der Waals surface area contributed by atoms with Crippen LogP contribution >= 0.6 is 0 Å². The summed E-state index contributed by atoms with van der Waals surface area (Å²) < 4.78 is 9.70. The largest absolute Gasteiger partial charge is 0.466 e. The van der Waals surface area contributed by atoms with Crippen molar-refractivity contribution in [2.75, 3.05) is 20.3 Å². The average Bonchev–Trinajstić information content (AvgIpc) is 2.16. The Kier molecular flexibility index (Phi) is 6.92. The van der Waals surface area contributed by atoms with E-state index >= 15 is 0 Å². The summed E-state index contributed by atoms with van der Waals surface area (Å²) in [4.78, 5) is 10.9. The van der Waals surface area contributed by atoms with Crippen LogP contribution in [0, 0.1) is 0 Å². The Balaban J connectivity index is 3.58. The summed E-state index contributed by atoms with van der Waals surface area (Å²) in [6.45, 7) is 6.34. The topological polar surface area (TPSA) is 35.5 Å². The van der Waals surface area contributed by atoms with E-state index in [1.54, 1.807) is 19.1 Å². The number of esters is 1. The molecule has 0 aliphatic carbocycles. The van der Waals surface area contributed by atoms with Crippen molar-refractivity contribution in [3.8, 4) is 0 Å². The number of carbonyl (C=O) groups excluding carboxylic acids is 1. The molecule has 0 heterocycles. The molecule has 0 aliphatic rings. The van der Waals surface area contributed by atoms with E-state index in [-0.39, 0.29) is 5.97 Å². The molecule has 74 valence electrons. The van der Waals surface area contributed by atoms with E-state index in [2.05, 4.69) is 11.3 Å². The van der Waals surface area contributed by atoms with Gasteiger partial charge < -0.3 is 9.47 Å². The lowest BCUT2D eigenvalue weighted by Crippen LogP contribution is -2.03. The van der Waals surface area contributed by atoms with Gasteiger partial charge in [0.05, 0.1) is 20.3 Å². The monoisotopic (exact) mass is 184 g/mol. The molecule has 0 saturated heterocycles. The van der Waals surface area contributed by atoms with Gasteiger partial charge in [-0.25, -0.2) is 4.79 Å². The van der Waals surface area contributed by atoms with E-state index in [4.69, 9.17) is 4.74 Å². The van der Waals surface area contributed by atoms with E-state index in [0.29, 0.717) is 18.8 Å². The summed E-state index contributed by atoms with van der Waals surface area (Å²) in [5.41, 5.74) is 0.570. The van der Waals surface area contributed by atoms with Gasteiger partial charge in [-0.05, 0) is 19.4 Å². The summed E-state index contributed by atoms with van der Waals surface area (Å²) in [6.07, 6.45) is 4.32. The zero-order chi connectivity index (χ0) is 10.1. The van der Waals surface area contributed by atoms with Gasteiger partial charge in [-0.2, -0.15) is 0 Å². The molecular weight excluding hydrogens is 168 g/mol. The van der Waals surface area contributed by atoms with Crippen LogP contribution in [-0.4, -0.2) is 26.3 Å². The highest BCUT2D eigenvalue weighted by molar-refractivity contribution is 5.87. The molecule has 0 fully saturated rings. The Bertz CT molecular complexity index is 194. The molecule has 3 nitrogen and oxygen atoms in total. The quantitative estimate of drug-likeness (QED) is 0.273. The Morgan fingerprint density at radius 1 is 1.54 bits per heavy atom. The Morgan fingerprint density at radius 3 is 2.77 bits per heavy atom. The number of rotatable bonds is 6. The predicted octanol–water partition coefficient (Wildman–Crippen LogP) is 1.70. The normalized spacial score (nSPS) is 11.1. The van der Waals surface area contributed by atoms with Crippen LogP contribution in [0.4, 0.5) is 0 Å². The van der Waals surface area contributed by atoms with Gasteiger partial charge >= 0.3 is 5.97 Å². The maximum absolute atomic E-state index is 10.9. The zero-order valence-electron chi connectivity index (χ0n) is 8.21. The second-order valence-corrected chi connectivity index (χ2v) is 2.53. The molecule has 0 rings (SSSR count). The maximum atomic E-state index is 10.9. The van der Waals surface area contributed by atoms with Crippen molar-refractivity contribution in [3.63, 3.8) is 0 Å². The van der Waals surface area contributed by atoms with Gasteiger partial charge in [-0.1, -0.05) is 6.08 Å². The van der Waals surface area contributed by atoms with Crippen LogP contribution in [0.5, 0.6) is 0 Å². The highest BCUT2D eigenvalue weighted by Gasteiger charge is 2.00. The van der Waals surface area contributed by atoms with E-state index in [9.17, 15) is 4.79 Å². The molecular formula is C10H16O3. The first kappa shape index (κ1) is 11.9. The predicted molar refractivity (Wildman–Crippen MR) is 51.4 cm³/mol. The van der Waals surface area contributed by atoms with Gasteiger partial charge in [0, 0.05) is 5.57 Å². The van der Waals surface area contributed by atoms with E-state index in [1.165, 1.54) is 7.11 Å². The van der Waals surface area contributed by atoms with Crippen molar-refractivity contribution in [1.29, 1.82) is 0 Å². The van der Waals surface area contributed by atoms with Crippen LogP contribution in [-0.2, 0) is 14.3 Å². The molecule has 0 amide bonds. The Morgan fingerprint density at radius 2 is 2.23 bits per heavy atom. The minimum absolute atomic E-state index is 0.313. The number of carbonyl (C=O) groups is 1. The van der Waals surface area contributed by atoms with Crippen LogP contribution < -0.4 is 0 Å². The molecule has 0 saturated carbocycles. The van der Waals surface area contributed by atoms with Gasteiger partial charge in [0.15, 0.2) is 0 Å². The third-order valence-electron chi connectivity index (χ3n) is 1.48. The zero-order valence-corrected chi connectivity index (χ0v) is 8.21. The van der Waals surface area contributed by atoms with Crippen LogP contribution in [0.3, 0.4) is 0 Å². The Hall–Kier alpha value is -1.09. The molecule has 3 heteroatoms. The third kappa shape index (κ3) is 6.11. The standard InChI is InChI=1S/C10H16O3/c1-4-5-7-13-8-6-9(2)10(11)12-3/h4,6H,1,5,7-8H2,2-3H3. The Labute approximate surface area is 79.0 Å². The molecule has 0 aromatic rings. The van der Waals surface area contributed by atoms with Crippen molar-refractivity contribution in [1.82, 2.24) is 0 Å². The molecule has 0 bridgehead atoms. The minimum Gasteiger partial charge on any atom is -0.466 e. The summed E-state index contributed by atoms with van der Waals surface area (Å²) in [7, 11) is 1.36. The number of hydrogen-bond acceptors (Lipinski definition) is 3. The second-order valence-electron chi connectivity index (χ2n) is 2.53. The van der Waals surface area contributed by atoms with Crippen molar-refractivity contribution in [2.45, 2.75) is 13.3 Å². The van der Waals surface area contributed by atoms with Crippen molar-refractivity contribution >= 4 is 5.97 Å². The first-order valence-corrected chi connectivity index (χ1v) is 4.16. The maximum Gasteiger partial charge on any atom is 0.333 e. The van der Waals surface area contributed by atoms with E-state index in [1.807, 2.05) is 0 Å². The van der Waals surface area contributed by atoms with Crippen LogP contribution in [0.25, 0.3) is 0 Å².